The third kappa shape index (κ3) is 1.73. The van der Waals surface area contributed by atoms with Crippen LogP contribution in [-0.2, 0) is 0 Å². The molecular formula is C12H13NO2. The SMILES string of the molecule is Cc1[nH]oc(=O)c1C(C)c1ccccc1. The first-order valence-corrected chi connectivity index (χ1v) is 4.93. The van der Waals surface area contributed by atoms with Gasteiger partial charge in [-0.3, -0.25) is 0 Å². The molecule has 3 nitrogen and oxygen atoms in total. The molecule has 78 valence electrons. The molecule has 15 heavy (non-hydrogen) atoms. The summed E-state index contributed by atoms with van der Waals surface area (Å²) in [7, 11) is 0. The Bertz CT molecular complexity index is 496. The summed E-state index contributed by atoms with van der Waals surface area (Å²) >= 11 is 0. The van der Waals surface area contributed by atoms with Gasteiger partial charge in [0.05, 0.1) is 11.3 Å². The standard InChI is InChI=1S/C12H13NO2/c1-8(10-6-4-3-5-7-10)11-9(2)13-15-12(11)14/h3-8,13H,1-2H3. The van der Waals surface area contributed by atoms with Gasteiger partial charge in [-0.1, -0.05) is 37.3 Å². The Kier molecular flexibility index (Phi) is 2.46. The topological polar surface area (TPSA) is 46.0 Å². The smallest absolute Gasteiger partial charge is 0.339 e. The lowest BCUT2D eigenvalue weighted by Crippen LogP contribution is -2.08. The quantitative estimate of drug-likeness (QED) is 0.814. The number of benzene rings is 1. The van der Waals surface area contributed by atoms with Crippen LogP contribution < -0.4 is 5.63 Å². The minimum Gasteiger partial charge on any atom is -0.339 e. The van der Waals surface area contributed by atoms with E-state index < -0.39 is 0 Å². The molecule has 0 aliphatic heterocycles. The van der Waals surface area contributed by atoms with Crippen molar-refractivity contribution >= 4 is 0 Å². The molecule has 0 aliphatic rings. The Morgan fingerprint density at radius 3 is 2.47 bits per heavy atom. The van der Waals surface area contributed by atoms with E-state index in [4.69, 9.17) is 4.52 Å². The fraction of sp³-hybridized carbons (Fsp3) is 0.250. The molecule has 2 rings (SSSR count). The van der Waals surface area contributed by atoms with Crippen LogP contribution in [0.5, 0.6) is 0 Å². The molecule has 1 atom stereocenters. The van der Waals surface area contributed by atoms with Crippen LogP contribution in [0.2, 0.25) is 0 Å². The minimum atomic E-state index is -0.274. The van der Waals surface area contributed by atoms with Gasteiger partial charge in [0.1, 0.15) is 0 Å². The zero-order chi connectivity index (χ0) is 10.8. The number of H-pyrrole nitrogens is 1. The highest BCUT2D eigenvalue weighted by Crippen LogP contribution is 2.22. The van der Waals surface area contributed by atoms with Gasteiger partial charge >= 0.3 is 5.63 Å². The van der Waals surface area contributed by atoms with Crippen molar-refractivity contribution in [1.82, 2.24) is 5.16 Å². The molecule has 2 aromatic rings. The maximum Gasteiger partial charge on any atom is 0.361 e. The second kappa shape index (κ2) is 3.77. The molecule has 0 radical (unpaired) electrons. The van der Waals surface area contributed by atoms with Crippen molar-refractivity contribution in [1.29, 1.82) is 0 Å². The Labute approximate surface area is 87.7 Å². The summed E-state index contributed by atoms with van der Waals surface area (Å²) in [5.74, 6) is 0.0636. The molecular weight excluding hydrogens is 190 g/mol. The Morgan fingerprint density at radius 1 is 1.27 bits per heavy atom. The molecule has 1 aromatic heterocycles. The number of aromatic nitrogens is 1. The fourth-order valence-electron chi connectivity index (χ4n) is 1.80. The minimum absolute atomic E-state index is 0.0636. The Balaban J connectivity index is 2.45. The number of hydrogen-bond acceptors (Lipinski definition) is 2. The van der Waals surface area contributed by atoms with Gasteiger partial charge in [-0.15, -0.1) is 0 Å². The molecule has 1 N–H and O–H groups in total. The van der Waals surface area contributed by atoms with E-state index in [1.807, 2.05) is 44.2 Å². The van der Waals surface area contributed by atoms with Crippen LogP contribution >= 0.6 is 0 Å². The van der Waals surface area contributed by atoms with Gasteiger partial charge < -0.3 is 4.52 Å². The summed E-state index contributed by atoms with van der Waals surface area (Å²) in [4.78, 5) is 11.5. The second-order valence-corrected chi connectivity index (χ2v) is 3.66. The highest BCUT2D eigenvalue weighted by atomic mass is 16.5. The highest BCUT2D eigenvalue weighted by molar-refractivity contribution is 5.31. The van der Waals surface area contributed by atoms with E-state index in [2.05, 4.69) is 5.16 Å². The zero-order valence-electron chi connectivity index (χ0n) is 8.78. The van der Waals surface area contributed by atoms with Gasteiger partial charge in [0, 0.05) is 5.92 Å². The van der Waals surface area contributed by atoms with Crippen molar-refractivity contribution in [2.75, 3.05) is 0 Å². The van der Waals surface area contributed by atoms with E-state index in [1.165, 1.54) is 0 Å². The number of aryl methyl sites for hydroxylation is 1. The Hall–Kier alpha value is -1.77. The molecule has 0 saturated heterocycles. The fourth-order valence-corrected chi connectivity index (χ4v) is 1.80. The van der Waals surface area contributed by atoms with Crippen LogP contribution in [0.15, 0.2) is 39.6 Å². The maximum atomic E-state index is 11.5. The van der Waals surface area contributed by atoms with Crippen molar-refractivity contribution in [3.63, 3.8) is 0 Å². The molecule has 0 bridgehead atoms. The first kappa shape index (κ1) is 9.77. The molecule has 0 amide bonds. The van der Waals surface area contributed by atoms with E-state index >= 15 is 0 Å². The average Bonchev–Trinajstić information content (AvgIpc) is 2.59. The summed E-state index contributed by atoms with van der Waals surface area (Å²) < 4.78 is 4.76. The third-order valence-corrected chi connectivity index (χ3v) is 2.65. The van der Waals surface area contributed by atoms with Gasteiger partial charge in [-0.2, -0.15) is 0 Å². The van der Waals surface area contributed by atoms with Gasteiger partial charge in [0.2, 0.25) is 0 Å². The van der Waals surface area contributed by atoms with E-state index in [0.717, 1.165) is 11.3 Å². The van der Waals surface area contributed by atoms with Crippen LogP contribution in [0.1, 0.15) is 29.7 Å². The van der Waals surface area contributed by atoms with E-state index in [0.29, 0.717) is 5.56 Å². The van der Waals surface area contributed by atoms with Crippen molar-refractivity contribution in [3.05, 3.63) is 57.6 Å². The van der Waals surface area contributed by atoms with Gasteiger partial charge in [0.25, 0.3) is 0 Å². The van der Waals surface area contributed by atoms with Crippen LogP contribution in [-0.4, -0.2) is 5.16 Å². The predicted octanol–water partition coefficient (Wildman–Crippen LogP) is 2.43. The summed E-state index contributed by atoms with van der Waals surface area (Å²) in [5.41, 5.74) is 2.36. The number of aromatic amines is 1. The molecule has 1 aromatic carbocycles. The molecule has 3 heteroatoms. The molecule has 0 saturated carbocycles. The molecule has 0 fully saturated rings. The molecule has 1 unspecified atom stereocenters. The summed E-state index contributed by atoms with van der Waals surface area (Å²) in [5, 5.41) is 2.60. The van der Waals surface area contributed by atoms with Crippen molar-refractivity contribution in [2.45, 2.75) is 19.8 Å². The van der Waals surface area contributed by atoms with Gasteiger partial charge in [-0.25, -0.2) is 9.95 Å². The van der Waals surface area contributed by atoms with E-state index in [1.54, 1.807) is 0 Å². The number of hydrogen-bond donors (Lipinski definition) is 1. The first-order valence-electron chi connectivity index (χ1n) is 4.93. The highest BCUT2D eigenvalue weighted by Gasteiger charge is 2.17. The Morgan fingerprint density at radius 2 is 1.93 bits per heavy atom. The van der Waals surface area contributed by atoms with Crippen molar-refractivity contribution in [3.8, 4) is 0 Å². The average molecular weight is 203 g/mol. The summed E-state index contributed by atoms with van der Waals surface area (Å²) in [6, 6.07) is 9.92. The lowest BCUT2D eigenvalue weighted by atomic mass is 9.94. The lowest BCUT2D eigenvalue weighted by Gasteiger charge is -2.08. The van der Waals surface area contributed by atoms with Crippen LogP contribution in [0.4, 0.5) is 0 Å². The maximum absolute atomic E-state index is 11.5. The van der Waals surface area contributed by atoms with Crippen molar-refractivity contribution < 1.29 is 4.52 Å². The van der Waals surface area contributed by atoms with Gasteiger partial charge in [-0.05, 0) is 12.5 Å². The summed E-state index contributed by atoms with van der Waals surface area (Å²) in [6.45, 7) is 3.85. The van der Waals surface area contributed by atoms with Crippen LogP contribution in [0.25, 0.3) is 0 Å². The number of rotatable bonds is 2. The molecule has 1 heterocycles. The van der Waals surface area contributed by atoms with Crippen LogP contribution in [0.3, 0.4) is 0 Å². The monoisotopic (exact) mass is 203 g/mol. The molecule has 0 aliphatic carbocycles. The van der Waals surface area contributed by atoms with E-state index in [9.17, 15) is 4.79 Å². The normalized spacial score (nSPS) is 12.7. The van der Waals surface area contributed by atoms with Crippen molar-refractivity contribution in [2.24, 2.45) is 0 Å². The van der Waals surface area contributed by atoms with Crippen LogP contribution in [0, 0.1) is 6.92 Å². The summed E-state index contributed by atoms with van der Waals surface area (Å²) in [6.07, 6.45) is 0. The largest absolute Gasteiger partial charge is 0.361 e. The lowest BCUT2D eigenvalue weighted by molar-refractivity contribution is 0.386. The third-order valence-electron chi connectivity index (χ3n) is 2.65. The molecule has 0 spiro atoms. The predicted molar refractivity (Wildman–Crippen MR) is 58.0 cm³/mol. The van der Waals surface area contributed by atoms with E-state index in [-0.39, 0.29) is 11.5 Å². The number of nitrogens with one attached hydrogen (secondary N) is 1. The second-order valence-electron chi connectivity index (χ2n) is 3.66. The zero-order valence-corrected chi connectivity index (χ0v) is 8.78. The first-order chi connectivity index (χ1) is 7.20. The van der Waals surface area contributed by atoms with Gasteiger partial charge in [0.15, 0.2) is 0 Å².